The Hall–Kier alpha value is -1.60. The van der Waals surface area contributed by atoms with Crippen LogP contribution in [-0.2, 0) is 14.8 Å². The topological polar surface area (TPSA) is 75.7 Å². The minimum Gasteiger partial charge on any atom is -0.495 e. The molecule has 0 aromatic heterocycles. The molecule has 1 aliphatic carbocycles. The molecule has 2 fully saturated rings. The van der Waals surface area contributed by atoms with Crippen molar-refractivity contribution in [1.82, 2.24) is 9.62 Å². The standard InChI is InChI=1S/C19H28N2O4S/c1-14-9-10-17(25-2)18(12-14)26(23,24)21-11-5-6-15(13-21)19(22)20-16-7-3-4-8-16/h9-10,12,15-16H,3-8,11,13H2,1-2H3,(H,20,22)/t15-/m1/s1. The maximum atomic E-state index is 13.1. The molecule has 3 rings (SSSR count). The molecule has 0 radical (unpaired) electrons. The summed E-state index contributed by atoms with van der Waals surface area (Å²) in [6.45, 7) is 2.52. The zero-order valence-corrected chi connectivity index (χ0v) is 16.3. The summed E-state index contributed by atoms with van der Waals surface area (Å²) in [6, 6.07) is 5.39. The third-order valence-corrected chi connectivity index (χ3v) is 7.28. The Morgan fingerprint density at radius 2 is 1.92 bits per heavy atom. The van der Waals surface area contributed by atoms with Gasteiger partial charge in [-0.2, -0.15) is 4.31 Å². The molecule has 1 aromatic carbocycles. The number of sulfonamides is 1. The van der Waals surface area contributed by atoms with Crippen molar-refractivity contribution in [2.75, 3.05) is 20.2 Å². The second-order valence-corrected chi connectivity index (χ2v) is 9.25. The van der Waals surface area contributed by atoms with Crippen LogP contribution < -0.4 is 10.1 Å². The molecule has 26 heavy (non-hydrogen) atoms. The average molecular weight is 381 g/mol. The molecule has 1 saturated heterocycles. The van der Waals surface area contributed by atoms with Gasteiger partial charge in [0.25, 0.3) is 0 Å². The van der Waals surface area contributed by atoms with Gasteiger partial charge in [0.1, 0.15) is 10.6 Å². The number of rotatable bonds is 5. The van der Waals surface area contributed by atoms with E-state index in [2.05, 4.69) is 5.32 Å². The first-order valence-electron chi connectivity index (χ1n) is 9.37. The minimum atomic E-state index is -3.69. The van der Waals surface area contributed by atoms with Gasteiger partial charge in [0, 0.05) is 19.1 Å². The van der Waals surface area contributed by atoms with Crippen molar-refractivity contribution < 1.29 is 17.9 Å². The first-order valence-corrected chi connectivity index (χ1v) is 10.8. The van der Waals surface area contributed by atoms with E-state index < -0.39 is 10.0 Å². The highest BCUT2D eigenvalue weighted by Gasteiger charge is 2.35. The molecule has 1 aromatic rings. The number of carbonyl (C=O) groups excluding carboxylic acids is 1. The number of nitrogens with one attached hydrogen (secondary N) is 1. The second kappa shape index (κ2) is 7.96. The first-order chi connectivity index (χ1) is 12.4. The van der Waals surface area contributed by atoms with Gasteiger partial charge in [-0.15, -0.1) is 0 Å². The van der Waals surface area contributed by atoms with Crippen LogP contribution in [-0.4, -0.2) is 44.9 Å². The van der Waals surface area contributed by atoms with Crippen LogP contribution in [0.1, 0.15) is 44.1 Å². The second-order valence-electron chi connectivity index (χ2n) is 7.35. The number of nitrogens with zero attached hydrogens (tertiary/aromatic N) is 1. The van der Waals surface area contributed by atoms with Crippen molar-refractivity contribution >= 4 is 15.9 Å². The highest BCUT2D eigenvalue weighted by atomic mass is 32.2. The molecule has 0 spiro atoms. The van der Waals surface area contributed by atoms with Gasteiger partial charge in [-0.25, -0.2) is 8.42 Å². The quantitative estimate of drug-likeness (QED) is 0.851. The van der Waals surface area contributed by atoms with Gasteiger partial charge < -0.3 is 10.1 Å². The molecule has 1 atom stereocenters. The Morgan fingerprint density at radius 3 is 2.62 bits per heavy atom. The van der Waals surface area contributed by atoms with Crippen LogP contribution >= 0.6 is 0 Å². The first kappa shape index (κ1) is 19.2. The number of hydrogen-bond acceptors (Lipinski definition) is 4. The van der Waals surface area contributed by atoms with E-state index in [9.17, 15) is 13.2 Å². The molecule has 1 N–H and O–H groups in total. The van der Waals surface area contributed by atoms with E-state index in [1.165, 1.54) is 11.4 Å². The number of hydrogen-bond donors (Lipinski definition) is 1. The van der Waals surface area contributed by atoms with Gasteiger partial charge in [-0.05, 0) is 50.3 Å². The normalized spacial score (nSPS) is 22.3. The Labute approximate surface area is 156 Å². The molecule has 2 aliphatic rings. The van der Waals surface area contributed by atoms with E-state index in [1.54, 1.807) is 12.1 Å². The number of methoxy groups -OCH3 is 1. The molecule has 1 aliphatic heterocycles. The third-order valence-electron chi connectivity index (χ3n) is 5.39. The van der Waals surface area contributed by atoms with Gasteiger partial charge in [0.05, 0.1) is 13.0 Å². The van der Waals surface area contributed by atoms with Crippen LogP contribution in [0.15, 0.2) is 23.1 Å². The summed E-state index contributed by atoms with van der Waals surface area (Å²) < 4.78 is 33.0. The highest BCUT2D eigenvalue weighted by molar-refractivity contribution is 7.89. The van der Waals surface area contributed by atoms with Crippen molar-refractivity contribution in [2.24, 2.45) is 5.92 Å². The fourth-order valence-electron chi connectivity index (χ4n) is 3.89. The van der Waals surface area contributed by atoms with Gasteiger partial charge in [0.15, 0.2) is 0 Å². The van der Waals surface area contributed by atoms with Crippen LogP contribution in [0, 0.1) is 12.8 Å². The Balaban J connectivity index is 1.76. The minimum absolute atomic E-state index is 0.00647. The fourth-order valence-corrected chi connectivity index (χ4v) is 5.65. The lowest BCUT2D eigenvalue weighted by molar-refractivity contribution is -0.126. The van der Waals surface area contributed by atoms with Gasteiger partial charge >= 0.3 is 0 Å². The van der Waals surface area contributed by atoms with Gasteiger partial charge in [0.2, 0.25) is 15.9 Å². The third kappa shape index (κ3) is 4.04. The van der Waals surface area contributed by atoms with E-state index >= 15 is 0 Å². The number of benzene rings is 1. The summed E-state index contributed by atoms with van der Waals surface area (Å²) in [5.41, 5.74) is 0.858. The predicted molar refractivity (Wildman–Crippen MR) is 99.6 cm³/mol. The Morgan fingerprint density at radius 1 is 1.19 bits per heavy atom. The Kier molecular flexibility index (Phi) is 5.87. The number of piperidine rings is 1. The number of aryl methyl sites for hydroxylation is 1. The molecule has 144 valence electrons. The molecule has 0 unspecified atom stereocenters. The molecule has 0 bridgehead atoms. The van der Waals surface area contributed by atoms with Crippen molar-refractivity contribution in [3.8, 4) is 5.75 Å². The zero-order valence-electron chi connectivity index (χ0n) is 15.5. The van der Waals surface area contributed by atoms with Crippen molar-refractivity contribution in [2.45, 2.75) is 56.4 Å². The molecule has 6 nitrogen and oxygen atoms in total. The number of amides is 1. The summed E-state index contributed by atoms with van der Waals surface area (Å²) in [5.74, 6) is 0.0519. The Bertz CT molecular complexity index is 757. The molecule has 1 saturated carbocycles. The van der Waals surface area contributed by atoms with Crippen LogP contribution in [0.5, 0.6) is 5.75 Å². The molecular formula is C19H28N2O4S. The summed E-state index contributed by atoms with van der Waals surface area (Å²) in [6.07, 6.45) is 5.79. The van der Waals surface area contributed by atoms with E-state index in [-0.39, 0.29) is 29.3 Å². The monoisotopic (exact) mass is 380 g/mol. The van der Waals surface area contributed by atoms with Crippen LogP contribution in [0.3, 0.4) is 0 Å². The van der Waals surface area contributed by atoms with Crippen LogP contribution in [0.2, 0.25) is 0 Å². The fraction of sp³-hybridized carbons (Fsp3) is 0.632. The summed E-state index contributed by atoms with van der Waals surface area (Å²) in [5, 5.41) is 3.11. The maximum Gasteiger partial charge on any atom is 0.246 e. The predicted octanol–water partition coefficient (Wildman–Crippen LogP) is 2.46. The van der Waals surface area contributed by atoms with E-state index in [4.69, 9.17) is 4.74 Å². The molecule has 1 heterocycles. The van der Waals surface area contributed by atoms with E-state index in [0.29, 0.717) is 18.7 Å². The largest absolute Gasteiger partial charge is 0.495 e. The average Bonchev–Trinajstić information content (AvgIpc) is 3.14. The SMILES string of the molecule is COc1ccc(C)cc1S(=O)(=O)N1CCC[C@@H](C(=O)NC2CCCC2)C1. The zero-order chi connectivity index (χ0) is 18.7. The van der Waals surface area contributed by atoms with E-state index in [0.717, 1.165) is 37.7 Å². The maximum absolute atomic E-state index is 13.1. The highest BCUT2D eigenvalue weighted by Crippen LogP contribution is 2.31. The number of ether oxygens (including phenoxy) is 1. The lowest BCUT2D eigenvalue weighted by Gasteiger charge is -2.32. The number of carbonyl (C=O) groups is 1. The van der Waals surface area contributed by atoms with Crippen molar-refractivity contribution in [1.29, 1.82) is 0 Å². The van der Waals surface area contributed by atoms with E-state index in [1.807, 2.05) is 13.0 Å². The lowest BCUT2D eigenvalue weighted by atomic mass is 9.98. The van der Waals surface area contributed by atoms with Gasteiger partial charge in [-0.1, -0.05) is 18.9 Å². The molecular weight excluding hydrogens is 352 g/mol. The van der Waals surface area contributed by atoms with Gasteiger partial charge in [-0.3, -0.25) is 4.79 Å². The lowest BCUT2D eigenvalue weighted by Crippen LogP contribution is -2.47. The van der Waals surface area contributed by atoms with Crippen LogP contribution in [0.25, 0.3) is 0 Å². The van der Waals surface area contributed by atoms with Crippen molar-refractivity contribution in [3.05, 3.63) is 23.8 Å². The smallest absolute Gasteiger partial charge is 0.246 e. The molecule has 7 heteroatoms. The molecule has 1 amide bonds. The summed E-state index contributed by atoms with van der Waals surface area (Å²) in [4.78, 5) is 12.8. The van der Waals surface area contributed by atoms with Crippen LogP contribution in [0.4, 0.5) is 0 Å². The van der Waals surface area contributed by atoms with Crippen molar-refractivity contribution in [3.63, 3.8) is 0 Å². The summed E-state index contributed by atoms with van der Waals surface area (Å²) in [7, 11) is -2.22. The summed E-state index contributed by atoms with van der Waals surface area (Å²) >= 11 is 0.